The minimum Gasteiger partial charge on any atom is -0.362 e. The van der Waals surface area contributed by atoms with Gasteiger partial charge in [0.25, 0.3) is 0 Å². The Bertz CT molecular complexity index is 1080. The number of halogens is 1. The molecular formula is C21H17FN4. The fourth-order valence-electron chi connectivity index (χ4n) is 2.92. The van der Waals surface area contributed by atoms with Crippen LogP contribution in [-0.2, 0) is 0 Å². The maximum atomic E-state index is 13.6. The summed E-state index contributed by atoms with van der Waals surface area (Å²) in [4.78, 5) is 15.5. The summed E-state index contributed by atoms with van der Waals surface area (Å²) in [7, 11) is 3.90. The Kier molecular flexibility index (Phi) is 4.05. The number of benzene rings is 2. The molecule has 2 heterocycles. The number of anilines is 1. The maximum absolute atomic E-state index is 13.6. The van der Waals surface area contributed by atoms with Crippen LogP contribution in [0.2, 0.25) is 0 Å². The Morgan fingerprint density at radius 1 is 0.846 bits per heavy atom. The van der Waals surface area contributed by atoms with E-state index in [0.29, 0.717) is 5.82 Å². The number of fused-ring (bicyclic) bond motifs is 1. The van der Waals surface area contributed by atoms with Gasteiger partial charge in [-0.15, -0.1) is 0 Å². The lowest BCUT2D eigenvalue weighted by atomic mass is 10.0. The van der Waals surface area contributed by atoms with E-state index in [2.05, 4.69) is 9.97 Å². The van der Waals surface area contributed by atoms with Crippen molar-refractivity contribution in [2.75, 3.05) is 19.0 Å². The lowest BCUT2D eigenvalue weighted by molar-refractivity contribution is 0.628. The van der Waals surface area contributed by atoms with Gasteiger partial charge in [0.1, 0.15) is 11.6 Å². The molecule has 0 saturated carbocycles. The number of pyridine rings is 1. The Morgan fingerprint density at radius 2 is 1.65 bits per heavy atom. The first-order chi connectivity index (χ1) is 12.6. The second kappa shape index (κ2) is 6.52. The number of aromatic nitrogens is 3. The van der Waals surface area contributed by atoms with Gasteiger partial charge in [-0.05, 0) is 47.5 Å². The molecular weight excluding hydrogens is 327 g/mol. The van der Waals surface area contributed by atoms with Crippen molar-refractivity contribution in [3.63, 3.8) is 0 Å². The fourth-order valence-corrected chi connectivity index (χ4v) is 2.92. The van der Waals surface area contributed by atoms with Crippen molar-refractivity contribution < 1.29 is 4.39 Å². The van der Waals surface area contributed by atoms with Gasteiger partial charge in [-0.3, -0.25) is 4.98 Å². The normalized spacial score (nSPS) is 10.9. The highest BCUT2D eigenvalue weighted by atomic mass is 19.1. The zero-order chi connectivity index (χ0) is 18.1. The van der Waals surface area contributed by atoms with Gasteiger partial charge in [0.05, 0.1) is 5.52 Å². The summed E-state index contributed by atoms with van der Waals surface area (Å²) < 4.78 is 13.6. The van der Waals surface area contributed by atoms with Crippen LogP contribution in [0.15, 0.2) is 67.0 Å². The molecule has 4 rings (SSSR count). The average Bonchev–Trinajstić information content (AvgIpc) is 2.67. The van der Waals surface area contributed by atoms with E-state index < -0.39 is 0 Å². The predicted molar refractivity (Wildman–Crippen MR) is 102 cm³/mol. The zero-order valence-electron chi connectivity index (χ0n) is 14.5. The van der Waals surface area contributed by atoms with E-state index in [1.807, 2.05) is 55.4 Å². The van der Waals surface area contributed by atoms with Crippen molar-refractivity contribution in [3.05, 3.63) is 72.8 Å². The molecule has 0 fully saturated rings. The summed E-state index contributed by atoms with van der Waals surface area (Å²) in [5.74, 6) is 1.19. The summed E-state index contributed by atoms with van der Waals surface area (Å²) in [6.07, 6.45) is 3.48. The highest BCUT2D eigenvalue weighted by Crippen LogP contribution is 2.30. The summed E-state index contributed by atoms with van der Waals surface area (Å²) in [5.41, 5.74) is 3.46. The topological polar surface area (TPSA) is 41.9 Å². The third kappa shape index (κ3) is 2.99. The van der Waals surface area contributed by atoms with Crippen molar-refractivity contribution in [1.82, 2.24) is 15.0 Å². The number of nitrogens with zero attached hydrogens (tertiary/aromatic N) is 4. The SMILES string of the molecule is CN(C)c1nc(-c2cccnc2)nc2ccc(-c3cccc(F)c3)cc12. The Morgan fingerprint density at radius 3 is 2.38 bits per heavy atom. The third-order valence-electron chi connectivity index (χ3n) is 4.18. The first kappa shape index (κ1) is 16.1. The minimum absolute atomic E-state index is 0.251. The molecule has 2 aromatic heterocycles. The minimum atomic E-state index is -0.251. The first-order valence-electron chi connectivity index (χ1n) is 8.27. The van der Waals surface area contributed by atoms with Crippen molar-refractivity contribution in [3.8, 4) is 22.5 Å². The van der Waals surface area contributed by atoms with E-state index in [1.165, 1.54) is 12.1 Å². The molecule has 0 spiro atoms. The molecule has 2 aromatic carbocycles. The second-order valence-corrected chi connectivity index (χ2v) is 6.25. The van der Waals surface area contributed by atoms with Gasteiger partial charge >= 0.3 is 0 Å². The Hall–Kier alpha value is -3.34. The van der Waals surface area contributed by atoms with Crippen LogP contribution in [0.25, 0.3) is 33.4 Å². The average molecular weight is 344 g/mol. The van der Waals surface area contributed by atoms with E-state index >= 15 is 0 Å². The van der Waals surface area contributed by atoms with Crippen LogP contribution >= 0.6 is 0 Å². The number of hydrogen-bond donors (Lipinski definition) is 0. The second-order valence-electron chi connectivity index (χ2n) is 6.25. The molecule has 0 radical (unpaired) electrons. The van der Waals surface area contributed by atoms with E-state index in [-0.39, 0.29) is 5.82 Å². The lowest BCUT2D eigenvalue weighted by Crippen LogP contribution is -2.12. The summed E-state index contributed by atoms with van der Waals surface area (Å²) in [6.45, 7) is 0. The van der Waals surface area contributed by atoms with E-state index in [1.54, 1.807) is 18.5 Å². The standard InChI is InChI=1S/C21H17FN4/c1-26(2)21-18-12-15(14-5-3-7-17(22)11-14)8-9-19(18)24-20(25-21)16-6-4-10-23-13-16/h3-13H,1-2H3. The summed E-state index contributed by atoms with van der Waals surface area (Å²) >= 11 is 0. The Balaban J connectivity index is 1.92. The highest BCUT2D eigenvalue weighted by molar-refractivity contribution is 5.94. The van der Waals surface area contributed by atoms with Gasteiger partial charge < -0.3 is 4.90 Å². The number of rotatable bonds is 3. The molecule has 5 heteroatoms. The lowest BCUT2D eigenvalue weighted by Gasteiger charge is -2.16. The Labute approximate surface area is 151 Å². The molecule has 0 unspecified atom stereocenters. The van der Waals surface area contributed by atoms with Gasteiger partial charge in [-0.1, -0.05) is 18.2 Å². The first-order valence-corrected chi connectivity index (χ1v) is 8.27. The van der Waals surface area contributed by atoms with E-state index in [0.717, 1.165) is 33.4 Å². The number of hydrogen-bond acceptors (Lipinski definition) is 4. The van der Waals surface area contributed by atoms with E-state index in [4.69, 9.17) is 4.98 Å². The van der Waals surface area contributed by atoms with Crippen LogP contribution in [0.1, 0.15) is 0 Å². The molecule has 0 aliphatic rings. The maximum Gasteiger partial charge on any atom is 0.163 e. The zero-order valence-corrected chi connectivity index (χ0v) is 14.5. The molecule has 4 aromatic rings. The molecule has 0 aliphatic heterocycles. The van der Waals surface area contributed by atoms with Crippen molar-refractivity contribution in [2.45, 2.75) is 0 Å². The van der Waals surface area contributed by atoms with Crippen molar-refractivity contribution >= 4 is 16.7 Å². The van der Waals surface area contributed by atoms with Gasteiger partial charge in [0.2, 0.25) is 0 Å². The molecule has 4 nitrogen and oxygen atoms in total. The molecule has 0 atom stereocenters. The van der Waals surface area contributed by atoms with Crippen LogP contribution in [0.5, 0.6) is 0 Å². The fraction of sp³-hybridized carbons (Fsp3) is 0.0952. The van der Waals surface area contributed by atoms with Crippen LogP contribution in [0.3, 0.4) is 0 Å². The van der Waals surface area contributed by atoms with Crippen LogP contribution in [0.4, 0.5) is 10.2 Å². The monoisotopic (exact) mass is 344 g/mol. The molecule has 0 amide bonds. The summed E-state index contributed by atoms with van der Waals surface area (Å²) in [5, 5.41) is 0.921. The largest absolute Gasteiger partial charge is 0.362 e. The van der Waals surface area contributed by atoms with Gasteiger partial charge in [0, 0.05) is 37.4 Å². The van der Waals surface area contributed by atoms with Gasteiger partial charge in [0.15, 0.2) is 5.82 Å². The van der Waals surface area contributed by atoms with Crippen LogP contribution in [-0.4, -0.2) is 29.0 Å². The van der Waals surface area contributed by atoms with Crippen molar-refractivity contribution in [2.24, 2.45) is 0 Å². The van der Waals surface area contributed by atoms with Crippen LogP contribution in [0, 0.1) is 5.82 Å². The quantitative estimate of drug-likeness (QED) is 0.546. The molecule has 0 aliphatic carbocycles. The van der Waals surface area contributed by atoms with Crippen LogP contribution < -0.4 is 4.90 Å². The van der Waals surface area contributed by atoms with Gasteiger partial charge in [-0.25, -0.2) is 14.4 Å². The molecule has 26 heavy (non-hydrogen) atoms. The highest BCUT2D eigenvalue weighted by Gasteiger charge is 2.12. The molecule has 0 saturated heterocycles. The van der Waals surface area contributed by atoms with Crippen molar-refractivity contribution in [1.29, 1.82) is 0 Å². The molecule has 0 N–H and O–H groups in total. The van der Waals surface area contributed by atoms with Gasteiger partial charge in [-0.2, -0.15) is 0 Å². The molecule has 0 bridgehead atoms. The smallest absolute Gasteiger partial charge is 0.163 e. The molecule has 128 valence electrons. The third-order valence-corrected chi connectivity index (χ3v) is 4.18. The van der Waals surface area contributed by atoms with E-state index in [9.17, 15) is 4.39 Å². The summed E-state index contributed by atoms with van der Waals surface area (Å²) in [6, 6.07) is 16.3. The predicted octanol–water partition coefficient (Wildman–Crippen LogP) is 4.56.